The summed E-state index contributed by atoms with van der Waals surface area (Å²) < 4.78 is 0.785. The second kappa shape index (κ2) is 7.62. The number of rotatable bonds is 4. The Hall–Kier alpha value is 0.857. The van der Waals surface area contributed by atoms with Gasteiger partial charge < -0.3 is 24.8 Å². The minimum atomic E-state index is -1.16. The van der Waals surface area contributed by atoms with Gasteiger partial charge >= 0.3 is 146 Å². The molecule has 2 rings (SSSR count). The molecule has 2 atom stereocenters. The molecule has 128 valence electrons. The van der Waals surface area contributed by atoms with E-state index in [0.29, 0.717) is 6.25 Å². The van der Waals surface area contributed by atoms with Gasteiger partial charge in [0, 0.05) is 0 Å². The van der Waals surface area contributed by atoms with Crippen molar-refractivity contribution in [1.82, 2.24) is 0 Å². The summed E-state index contributed by atoms with van der Waals surface area (Å²) in [6.07, 6.45) is 15.2. The summed E-state index contributed by atoms with van der Waals surface area (Å²) in [4.78, 5) is 0. The van der Waals surface area contributed by atoms with Gasteiger partial charge in [0.1, 0.15) is 0 Å². The van der Waals surface area contributed by atoms with Crippen molar-refractivity contribution in [1.29, 1.82) is 0 Å². The smallest absolute Gasteiger partial charge is 1.00 e. The third kappa shape index (κ3) is 5.96. The SMILES string of the molecule is C[C]1([Zr+2][C]2(C)C=CC([Si](C)(C)C)=C2)C=CC([Si](C)(C)C)=C1.[Cl-].[Cl-]. The summed E-state index contributed by atoms with van der Waals surface area (Å²) >= 11 is -0.622. The molecule has 0 saturated carbocycles. The van der Waals surface area contributed by atoms with Crippen LogP contribution in [-0.4, -0.2) is 16.1 Å². The molecule has 2 unspecified atom stereocenters. The van der Waals surface area contributed by atoms with E-state index in [1.54, 1.807) is 10.4 Å². The minimum Gasteiger partial charge on any atom is -1.00 e. The van der Waals surface area contributed by atoms with E-state index in [-0.39, 0.29) is 24.8 Å². The van der Waals surface area contributed by atoms with E-state index in [0.717, 1.165) is 0 Å². The van der Waals surface area contributed by atoms with Gasteiger partial charge in [-0.15, -0.1) is 0 Å². The average molecular weight is 465 g/mol. The van der Waals surface area contributed by atoms with Crippen LogP contribution >= 0.6 is 0 Å². The molecule has 0 aliphatic heterocycles. The maximum absolute atomic E-state index is 2.63. The molecular formula is C18H30Cl2Si2Zr. The van der Waals surface area contributed by atoms with Crippen molar-refractivity contribution in [2.24, 2.45) is 0 Å². The molecule has 0 N–H and O–H groups in total. The Morgan fingerprint density at radius 3 is 1.22 bits per heavy atom. The van der Waals surface area contributed by atoms with Gasteiger partial charge in [0.05, 0.1) is 0 Å². The van der Waals surface area contributed by atoms with Gasteiger partial charge in [0.2, 0.25) is 0 Å². The Morgan fingerprint density at radius 1 is 0.696 bits per heavy atom. The maximum Gasteiger partial charge on any atom is -1.00 e. The van der Waals surface area contributed by atoms with Crippen LogP contribution in [-0.2, 0) is 23.2 Å². The molecule has 0 amide bonds. The van der Waals surface area contributed by atoms with Crippen LogP contribution in [0.2, 0.25) is 45.5 Å². The van der Waals surface area contributed by atoms with Crippen LogP contribution in [0.1, 0.15) is 13.8 Å². The first kappa shape index (κ1) is 23.9. The Morgan fingerprint density at radius 2 is 1.00 bits per heavy atom. The first-order valence-corrected chi connectivity index (χ1v) is 17.4. The van der Waals surface area contributed by atoms with Gasteiger partial charge in [-0.2, -0.15) is 0 Å². The summed E-state index contributed by atoms with van der Waals surface area (Å²) in [5.41, 5.74) is 0. The van der Waals surface area contributed by atoms with Crippen molar-refractivity contribution in [2.45, 2.75) is 59.4 Å². The van der Waals surface area contributed by atoms with Crippen molar-refractivity contribution in [3.05, 3.63) is 46.8 Å². The van der Waals surface area contributed by atoms with Crippen LogP contribution in [0.3, 0.4) is 0 Å². The van der Waals surface area contributed by atoms with Crippen LogP contribution in [0.5, 0.6) is 0 Å². The summed E-state index contributed by atoms with van der Waals surface area (Å²) in [5, 5.41) is 3.32. The third-order valence-corrected chi connectivity index (χ3v) is 12.7. The fourth-order valence-corrected chi connectivity index (χ4v) is 11.2. The van der Waals surface area contributed by atoms with Gasteiger partial charge in [0.25, 0.3) is 0 Å². The molecule has 0 aromatic rings. The fraction of sp³-hybridized carbons (Fsp3) is 0.556. The molecule has 5 heteroatoms. The molecule has 0 saturated heterocycles. The fourth-order valence-electron chi connectivity index (χ4n) is 3.03. The summed E-state index contributed by atoms with van der Waals surface area (Å²) in [7, 11) is -2.32. The molecule has 0 bridgehead atoms. The van der Waals surface area contributed by atoms with Crippen molar-refractivity contribution in [3.63, 3.8) is 0 Å². The number of halogens is 2. The zero-order valence-corrected chi connectivity index (χ0v) is 21.7. The third-order valence-electron chi connectivity index (χ3n) is 4.40. The second-order valence-electron chi connectivity index (χ2n) is 9.06. The topological polar surface area (TPSA) is 0 Å². The molecule has 2 aliphatic rings. The predicted octanol–water partition coefficient (Wildman–Crippen LogP) is 0.181. The van der Waals surface area contributed by atoms with Gasteiger partial charge in [-0.3, -0.25) is 0 Å². The zero-order chi connectivity index (χ0) is 16.1. The molecule has 0 aromatic carbocycles. The monoisotopic (exact) mass is 462 g/mol. The summed E-state index contributed by atoms with van der Waals surface area (Å²) in [5.74, 6) is 0. The molecule has 0 fully saturated rings. The Bertz CT molecular complexity index is 515. The van der Waals surface area contributed by atoms with Crippen LogP contribution < -0.4 is 24.8 Å². The van der Waals surface area contributed by atoms with Gasteiger partial charge in [0.15, 0.2) is 0 Å². The predicted molar refractivity (Wildman–Crippen MR) is 97.9 cm³/mol. The van der Waals surface area contributed by atoms with E-state index in [1.807, 2.05) is 0 Å². The van der Waals surface area contributed by atoms with E-state index >= 15 is 0 Å². The second-order valence-corrected chi connectivity index (χ2v) is 25.1. The molecule has 23 heavy (non-hydrogen) atoms. The molecule has 0 aromatic heterocycles. The standard InChI is InChI=1S/2C9H15Si.2ClH.Zr/c2*1-8-5-6-9(7-8)10(2,3)4;;;/h2*5-7H,1-4H3;2*1H;/q;;;;+2/p-2. The van der Waals surface area contributed by atoms with Gasteiger partial charge in [-0.05, 0) is 0 Å². The van der Waals surface area contributed by atoms with Crippen LogP contribution in [0.25, 0.3) is 0 Å². The van der Waals surface area contributed by atoms with E-state index in [2.05, 4.69) is 89.6 Å². The molecule has 2 aliphatic carbocycles. The molecular weight excluding hydrogens is 435 g/mol. The van der Waals surface area contributed by atoms with Crippen molar-refractivity contribution in [2.75, 3.05) is 0 Å². The van der Waals surface area contributed by atoms with E-state index in [1.165, 1.54) is 0 Å². The van der Waals surface area contributed by atoms with E-state index in [9.17, 15) is 0 Å². The molecule has 0 radical (unpaired) electrons. The summed E-state index contributed by atoms with van der Waals surface area (Å²) in [6.45, 7) is 19.7. The first-order valence-electron chi connectivity index (χ1n) is 7.98. The first-order chi connectivity index (χ1) is 9.33. The quantitative estimate of drug-likeness (QED) is 0.521. The van der Waals surface area contributed by atoms with Crippen molar-refractivity contribution >= 4 is 16.1 Å². The Labute approximate surface area is 169 Å². The zero-order valence-electron chi connectivity index (χ0n) is 15.7. The number of hydrogen-bond acceptors (Lipinski definition) is 0. The summed E-state index contributed by atoms with van der Waals surface area (Å²) in [6, 6.07) is 0. The number of hydrogen-bond donors (Lipinski definition) is 0. The van der Waals surface area contributed by atoms with E-state index < -0.39 is 39.4 Å². The van der Waals surface area contributed by atoms with Crippen LogP contribution in [0.15, 0.2) is 46.8 Å². The average Bonchev–Trinajstić information content (AvgIpc) is 2.81. The van der Waals surface area contributed by atoms with Crippen molar-refractivity contribution < 1.29 is 48.0 Å². The van der Waals surface area contributed by atoms with Crippen LogP contribution in [0.4, 0.5) is 0 Å². The number of allylic oxidation sites excluding steroid dienone is 8. The molecule has 0 heterocycles. The van der Waals surface area contributed by atoms with Crippen molar-refractivity contribution in [3.8, 4) is 0 Å². The van der Waals surface area contributed by atoms with Gasteiger partial charge in [-0.25, -0.2) is 0 Å². The molecule has 0 nitrogen and oxygen atoms in total. The van der Waals surface area contributed by atoms with Crippen LogP contribution in [0, 0.1) is 0 Å². The Kier molecular flexibility index (Phi) is 7.90. The van der Waals surface area contributed by atoms with E-state index in [4.69, 9.17) is 0 Å². The largest absolute Gasteiger partial charge is 1.00 e. The normalized spacial score (nSPS) is 29.4. The molecule has 0 spiro atoms. The minimum absolute atomic E-state index is 0. The Balaban J connectivity index is 0.00000242. The maximum atomic E-state index is 2.63. The van der Waals surface area contributed by atoms with Gasteiger partial charge in [-0.1, -0.05) is 0 Å².